The normalized spacial score (nSPS) is 9.80. The van der Waals surface area contributed by atoms with E-state index in [0.717, 1.165) is 5.69 Å². The van der Waals surface area contributed by atoms with E-state index in [1.807, 2.05) is 6.07 Å². The summed E-state index contributed by atoms with van der Waals surface area (Å²) >= 11 is 6.04. The smallest absolute Gasteiger partial charge is 0.337 e. The molecule has 0 unspecified atom stereocenters. The summed E-state index contributed by atoms with van der Waals surface area (Å²) in [6, 6.07) is 13.5. The SMILES string of the molecule is COC(=O)c1ccc(Cl)c(NC(=O)CCNc2ccc(C#N)cc2)c1. The van der Waals surface area contributed by atoms with Gasteiger partial charge in [-0.15, -0.1) is 0 Å². The Bertz CT molecular complexity index is 813. The monoisotopic (exact) mass is 357 g/mol. The Morgan fingerprint density at radius 2 is 1.92 bits per heavy atom. The lowest BCUT2D eigenvalue weighted by molar-refractivity contribution is -0.115. The van der Waals surface area contributed by atoms with Crippen LogP contribution in [0.3, 0.4) is 0 Å². The van der Waals surface area contributed by atoms with Crippen molar-refractivity contribution >= 4 is 34.9 Å². The summed E-state index contributed by atoms with van der Waals surface area (Å²) in [6.45, 7) is 0.409. The van der Waals surface area contributed by atoms with Crippen molar-refractivity contribution in [3.63, 3.8) is 0 Å². The summed E-state index contributed by atoms with van der Waals surface area (Å²) in [5.41, 5.74) is 2.05. The number of methoxy groups -OCH3 is 1. The second-order valence-electron chi connectivity index (χ2n) is 5.10. The first-order valence-electron chi connectivity index (χ1n) is 7.45. The summed E-state index contributed by atoms with van der Waals surface area (Å²) in [7, 11) is 1.28. The van der Waals surface area contributed by atoms with Crippen LogP contribution in [0.4, 0.5) is 11.4 Å². The molecule has 2 rings (SSSR count). The number of benzene rings is 2. The van der Waals surface area contributed by atoms with Crippen LogP contribution in [0.15, 0.2) is 42.5 Å². The van der Waals surface area contributed by atoms with E-state index in [1.165, 1.54) is 25.3 Å². The van der Waals surface area contributed by atoms with E-state index >= 15 is 0 Å². The largest absolute Gasteiger partial charge is 0.465 e. The number of carbonyl (C=O) groups excluding carboxylic acids is 2. The molecule has 0 radical (unpaired) electrons. The number of amides is 1. The fourth-order valence-electron chi connectivity index (χ4n) is 2.06. The van der Waals surface area contributed by atoms with Gasteiger partial charge in [-0.05, 0) is 42.5 Å². The molecule has 0 aliphatic heterocycles. The summed E-state index contributed by atoms with van der Waals surface area (Å²) in [6.07, 6.45) is 0.207. The molecular weight excluding hydrogens is 342 g/mol. The van der Waals surface area contributed by atoms with Crippen molar-refractivity contribution in [1.29, 1.82) is 5.26 Å². The fraction of sp³-hybridized carbons (Fsp3) is 0.167. The van der Waals surface area contributed by atoms with E-state index in [-0.39, 0.29) is 12.3 Å². The van der Waals surface area contributed by atoms with Gasteiger partial charge in [-0.3, -0.25) is 4.79 Å². The highest BCUT2D eigenvalue weighted by Gasteiger charge is 2.11. The summed E-state index contributed by atoms with van der Waals surface area (Å²) in [4.78, 5) is 23.6. The van der Waals surface area contributed by atoms with Crippen LogP contribution in [0.2, 0.25) is 5.02 Å². The van der Waals surface area contributed by atoms with E-state index in [0.29, 0.717) is 28.4 Å². The average molecular weight is 358 g/mol. The Morgan fingerprint density at radius 1 is 1.20 bits per heavy atom. The van der Waals surface area contributed by atoms with Crippen molar-refractivity contribution in [1.82, 2.24) is 0 Å². The molecule has 0 aliphatic carbocycles. The molecule has 0 heterocycles. The fourth-order valence-corrected chi connectivity index (χ4v) is 2.23. The molecule has 2 aromatic carbocycles. The van der Waals surface area contributed by atoms with Crippen molar-refractivity contribution in [2.75, 3.05) is 24.3 Å². The molecule has 2 N–H and O–H groups in total. The van der Waals surface area contributed by atoms with Crippen molar-refractivity contribution in [3.05, 3.63) is 58.6 Å². The molecule has 0 bridgehead atoms. The second kappa shape index (κ2) is 8.71. The van der Waals surface area contributed by atoms with E-state index in [9.17, 15) is 9.59 Å². The third kappa shape index (κ3) is 5.23. The van der Waals surface area contributed by atoms with Crippen LogP contribution in [0, 0.1) is 11.3 Å². The maximum atomic E-state index is 12.0. The predicted molar refractivity (Wildman–Crippen MR) is 95.7 cm³/mol. The maximum absolute atomic E-state index is 12.0. The zero-order valence-corrected chi connectivity index (χ0v) is 14.3. The van der Waals surface area contributed by atoms with E-state index in [4.69, 9.17) is 16.9 Å². The third-order valence-corrected chi connectivity index (χ3v) is 3.69. The van der Waals surface area contributed by atoms with Gasteiger partial charge >= 0.3 is 5.97 Å². The highest BCUT2D eigenvalue weighted by Crippen LogP contribution is 2.23. The number of hydrogen-bond acceptors (Lipinski definition) is 5. The zero-order chi connectivity index (χ0) is 18.2. The maximum Gasteiger partial charge on any atom is 0.337 e. The van der Waals surface area contributed by atoms with Crippen LogP contribution in [0.1, 0.15) is 22.3 Å². The number of nitriles is 1. The molecule has 0 aliphatic rings. The van der Waals surface area contributed by atoms with Crippen molar-refractivity contribution in [3.8, 4) is 6.07 Å². The Balaban J connectivity index is 1.89. The highest BCUT2D eigenvalue weighted by molar-refractivity contribution is 6.33. The lowest BCUT2D eigenvalue weighted by Crippen LogP contribution is -2.17. The van der Waals surface area contributed by atoms with Crippen molar-refractivity contribution < 1.29 is 14.3 Å². The lowest BCUT2D eigenvalue weighted by Gasteiger charge is -2.10. The van der Waals surface area contributed by atoms with Crippen LogP contribution in [0.5, 0.6) is 0 Å². The molecule has 7 heteroatoms. The van der Waals surface area contributed by atoms with Gasteiger partial charge in [0.15, 0.2) is 0 Å². The molecule has 6 nitrogen and oxygen atoms in total. The number of nitrogens with zero attached hydrogens (tertiary/aromatic N) is 1. The molecule has 1 amide bonds. The van der Waals surface area contributed by atoms with E-state index in [2.05, 4.69) is 15.4 Å². The van der Waals surface area contributed by atoms with Gasteiger partial charge in [0.1, 0.15) is 0 Å². The lowest BCUT2D eigenvalue weighted by atomic mass is 10.2. The third-order valence-electron chi connectivity index (χ3n) is 3.36. The van der Waals surface area contributed by atoms with Crippen LogP contribution >= 0.6 is 11.6 Å². The molecule has 0 aromatic heterocycles. The van der Waals surface area contributed by atoms with Crippen molar-refractivity contribution in [2.45, 2.75) is 6.42 Å². The summed E-state index contributed by atoms with van der Waals surface area (Å²) in [5, 5.41) is 14.8. The van der Waals surface area contributed by atoms with E-state index < -0.39 is 5.97 Å². The Labute approximate surface area is 150 Å². The number of anilines is 2. The molecule has 0 saturated carbocycles. The van der Waals surface area contributed by atoms with Gasteiger partial charge in [-0.2, -0.15) is 5.26 Å². The summed E-state index contributed by atoms with van der Waals surface area (Å²) in [5.74, 6) is -0.750. The van der Waals surface area contributed by atoms with Gasteiger partial charge in [0.05, 0.1) is 35.0 Å². The van der Waals surface area contributed by atoms with Gasteiger partial charge < -0.3 is 15.4 Å². The van der Waals surface area contributed by atoms with Crippen LogP contribution < -0.4 is 10.6 Å². The minimum atomic E-state index is -0.505. The van der Waals surface area contributed by atoms with Gasteiger partial charge in [0.25, 0.3) is 0 Å². The van der Waals surface area contributed by atoms with Crippen molar-refractivity contribution in [2.24, 2.45) is 0 Å². The molecule has 0 saturated heterocycles. The second-order valence-corrected chi connectivity index (χ2v) is 5.51. The molecule has 0 atom stereocenters. The molecular formula is C18H16ClN3O3. The number of esters is 1. The van der Waals surface area contributed by atoms with Gasteiger partial charge in [0, 0.05) is 18.7 Å². The number of halogens is 1. The Morgan fingerprint density at radius 3 is 2.56 bits per heavy atom. The number of nitrogens with one attached hydrogen (secondary N) is 2. The minimum Gasteiger partial charge on any atom is -0.465 e. The number of rotatable bonds is 6. The average Bonchev–Trinajstić information content (AvgIpc) is 2.63. The Kier molecular flexibility index (Phi) is 6.38. The number of ether oxygens (including phenoxy) is 1. The number of carbonyl (C=O) groups is 2. The zero-order valence-electron chi connectivity index (χ0n) is 13.5. The molecule has 2 aromatic rings. The highest BCUT2D eigenvalue weighted by atomic mass is 35.5. The Hall–Kier alpha value is -3.04. The van der Waals surface area contributed by atoms with Gasteiger partial charge in [-0.25, -0.2) is 4.79 Å². The molecule has 25 heavy (non-hydrogen) atoms. The van der Waals surface area contributed by atoms with Crippen LogP contribution in [-0.4, -0.2) is 25.5 Å². The molecule has 128 valence electrons. The van der Waals surface area contributed by atoms with Crippen LogP contribution in [-0.2, 0) is 9.53 Å². The molecule has 0 spiro atoms. The van der Waals surface area contributed by atoms with Crippen LogP contribution in [0.25, 0.3) is 0 Å². The first-order chi connectivity index (χ1) is 12.0. The summed E-state index contributed by atoms with van der Waals surface area (Å²) < 4.78 is 4.64. The standard InChI is InChI=1S/C18H16ClN3O3/c1-25-18(24)13-4-7-15(19)16(10-13)22-17(23)8-9-21-14-5-2-12(11-20)3-6-14/h2-7,10,21H,8-9H2,1H3,(H,22,23). The van der Waals surface area contributed by atoms with Gasteiger partial charge in [-0.1, -0.05) is 11.6 Å². The first-order valence-corrected chi connectivity index (χ1v) is 7.83. The predicted octanol–water partition coefficient (Wildman–Crippen LogP) is 3.44. The number of hydrogen-bond donors (Lipinski definition) is 2. The first kappa shape index (κ1) is 18.3. The quantitative estimate of drug-likeness (QED) is 0.773. The molecule has 0 fully saturated rings. The minimum absolute atomic E-state index is 0.207. The topological polar surface area (TPSA) is 91.2 Å². The van der Waals surface area contributed by atoms with E-state index in [1.54, 1.807) is 24.3 Å². The van der Waals surface area contributed by atoms with Gasteiger partial charge in [0.2, 0.25) is 5.91 Å².